The van der Waals surface area contributed by atoms with Crippen molar-refractivity contribution in [1.82, 2.24) is 0 Å². The summed E-state index contributed by atoms with van der Waals surface area (Å²) < 4.78 is 5.27. The molecule has 0 aromatic rings. The smallest absolute Gasteiger partial charge is 0.261 e. The lowest BCUT2D eigenvalue weighted by atomic mass is 9.97. The summed E-state index contributed by atoms with van der Waals surface area (Å²) in [5.74, 6) is 0. The predicted octanol–water partition coefficient (Wildman–Crippen LogP) is 1.47. The Bertz CT molecular complexity index is 204. The average Bonchev–Trinajstić information content (AvgIpc) is 2.56. The maximum absolute atomic E-state index is 7.01. The van der Waals surface area contributed by atoms with E-state index in [1.807, 2.05) is 0 Å². The van der Waals surface area contributed by atoms with E-state index in [1.165, 1.54) is 0 Å². The zero-order valence-electron chi connectivity index (χ0n) is 6.18. The van der Waals surface area contributed by atoms with Crippen molar-refractivity contribution in [3.8, 4) is 0 Å². The van der Waals surface area contributed by atoms with Gasteiger partial charge in [-0.05, 0) is 6.42 Å². The van der Waals surface area contributed by atoms with Crippen LogP contribution in [0.2, 0.25) is 0 Å². The van der Waals surface area contributed by atoms with Crippen LogP contribution in [0.1, 0.15) is 19.8 Å². The van der Waals surface area contributed by atoms with Crippen LogP contribution in [0, 0.1) is 12.0 Å². The van der Waals surface area contributed by atoms with Crippen molar-refractivity contribution in [2.75, 3.05) is 13.2 Å². The number of nitrogens with zero attached hydrogens (tertiary/aromatic N) is 1. The monoisotopic (exact) mass is 137 g/mol. The average molecular weight is 137 g/mol. The quantitative estimate of drug-likeness (QED) is 0.461. The van der Waals surface area contributed by atoms with Crippen LogP contribution >= 0.6 is 0 Å². The van der Waals surface area contributed by atoms with Gasteiger partial charge in [0.25, 0.3) is 5.54 Å². The number of fused-ring (bicyclic) bond motifs is 1. The Morgan fingerprint density at radius 2 is 2.40 bits per heavy atom. The second-order valence-corrected chi connectivity index (χ2v) is 3.68. The highest BCUT2D eigenvalue weighted by Crippen LogP contribution is 2.63. The Balaban J connectivity index is 2.22. The first-order valence-electron chi connectivity index (χ1n) is 3.69. The second kappa shape index (κ2) is 1.54. The van der Waals surface area contributed by atoms with Gasteiger partial charge in [-0.1, -0.05) is 6.92 Å². The summed E-state index contributed by atoms with van der Waals surface area (Å²) in [5.41, 5.74) is 0.207. The molecule has 2 rings (SSSR count). The largest absolute Gasteiger partial charge is 0.373 e. The van der Waals surface area contributed by atoms with Gasteiger partial charge in [-0.25, -0.2) is 6.57 Å². The summed E-state index contributed by atoms with van der Waals surface area (Å²) >= 11 is 0. The molecule has 2 aliphatic rings. The molecule has 1 saturated heterocycles. The highest BCUT2D eigenvalue weighted by molar-refractivity contribution is 5.26. The lowest BCUT2D eigenvalue weighted by Gasteiger charge is -2.18. The van der Waals surface area contributed by atoms with Crippen molar-refractivity contribution in [2.45, 2.75) is 25.3 Å². The molecule has 0 aromatic carbocycles. The molecule has 1 saturated carbocycles. The first-order chi connectivity index (χ1) is 4.72. The Kier molecular flexibility index (Phi) is 0.952. The SMILES string of the molecule is [C-]#[N+]C12COCC[C@@]1(C)C2. The molecule has 1 aliphatic carbocycles. The molecular weight excluding hydrogens is 126 g/mol. The van der Waals surface area contributed by atoms with Gasteiger partial charge in [-0.2, -0.15) is 0 Å². The lowest BCUT2D eigenvalue weighted by Crippen LogP contribution is -2.27. The summed E-state index contributed by atoms with van der Waals surface area (Å²) in [6, 6.07) is 0. The highest BCUT2D eigenvalue weighted by Gasteiger charge is 2.73. The number of rotatable bonds is 0. The Morgan fingerprint density at radius 1 is 1.60 bits per heavy atom. The van der Waals surface area contributed by atoms with E-state index in [4.69, 9.17) is 11.3 Å². The van der Waals surface area contributed by atoms with Crippen LogP contribution in [-0.4, -0.2) is 18.8 Å². The third-order valence-corrected chi connectivity index (χ3v) is 3.03. The molecule has 0 spiro atoms. The van der Waals surface area contributed by atoms with E-state index in [2.05, 4.69) is 11.8 Å². The van der Waals surface area contributed by atoms with Crippen molar-refractivity contribution >= 4 is 0 Å². The molecule has 54 valence electrons. The minimum atomic E-state index is -0.106. The minimum Gasteiger partial charge on any atom is -0.373 e. The molecule has 2 atom stereocenters. The van der Waals surface area contributed by atoms with E-state index >= 15 is 0 Å². The first kappa shape index (κ1) is 6.18. The Morgan fingerprint density at radius 3 is 2.90 bits per heavy atom. The summed E-state index contributed by atoms with van der Waals surface area (Å²) in [5, 5.41) is 0. The standard InChI is InChI=1S/C8H11NO/c1-7-3-4-10-6-8(7,5-7)9-2/h3-6H2,1H3/t7-,8?/m0/s1. The molecule has 0 radical (unpaired) electrons. The van der Waals surface area contributed by atoms with Crippen LogP contribution in [0.3, 0.4) is 0 Å². The van der Waals surface area contributed by atoms with Gasteiger partial charge in [0.2, 0.25) is 0 Å². The first-order valence-corrected chi connectivity index (χ1v) is 3.69. The molecule has 0 N–H and O–H groups in total. The van der Waals surface area contributed by atoms with Crippen LogP contribution in [0.15, 0.2) is 0 Å². The molecular formula is C8H11NO. The van der Waals surface area contributed by atoms with E-state index < -0.39 is 0 Å². The molecule has 0 bridgehead atoms. The number of hydrogen-bond acceptors (Lipinski definition) is 1. The second-order valence-electron chi connectivity index (χ2n) is 3.68. The van der Waals surface area contributed by atoms with E-state index in [1.54, 1.807) is 0 Å². The zero-order valence-corrected chi connectivity index (χ0v) is 6.18. The van der Waals surface area contributed by atoms with E-state index in [0.29, 0.717) is 12.0 Å². The molecule has 1 aliphatic heterocycles. The topological polar surface area (TPSA) is 13.6 Å². The summed E-state index contributed by atoms with van der Waals surface area (Å²) in [4.78, 5) is 3.65. The van der Waals surface area contributed by atoms with Gasteiger partial charge in [0, 0.05) is 13.0 Å². The molecule has 2 nitrogen and oxygen atoms in total. The molecule has 10 heavy (non-hydrogen) atoms. The normalized spacial score (nSPS) is 51.2. The molecule has 0 aromatic heterocycles. The van der Waals surface area contributed by atoms with Crippen molar-refractivity contribution in [1.29, 1.82) is 0 Å². The van der Waals surface area contributed by atoms with E-state index in [-0.39, 0.29) is 5.54 Å². The fraction of sp³-hybridized carbons (Fsp3) is 0.875. The van der Waals surface area contributed by atoms with Crippen LogP contribution in [0.25, 0.3) is 4.85 Å². The van der Waals surface area contributed by atoms with Crippen molar-refractivity contribution in [3.05, 3.63) is 11.4 Å². The summed E-state index contributed by atoms with van der Waals surface area (Å²) in [6.07, 6.45) is 2.14. The van der Waals surface area contributed by atoms with E-state index in [0.717, 1.165) is 19.4 Å². The van der Waals surface area contributed by atoms with Crippen molar-refractivity contribution < 1.29 is 4.74 Å². The fourth-order valence-electron chi connectivity index (χ4n) is 1.89. The predicted molar refractivity (Wildman–Crippen MR) is 37.5 cm³/mol. The van der Waals surface area contributed by atoms with Crippen LogP contribution in [-0.2, 0) is 4.74 Å². The van der Waals surface area contributed by atoms with Gasteiger partial charge < -0.3 is 9.58 Å². The molecule has 1 unspecified atom stereocenters. The van der Waals surface area contributed by atoms with Crippen molar-refractivity contribution in [2.24, 2.45) is 5.41 Å². The van der Waals surface area contributed by atoms with E-state index in [9.17, 15) is 0 Å². The van der Waals surface area contributed by atoms with Crippen molar-refractivity contribution in [3.63, 3.8) is 0 Å². The van der Waals surface area contributed by atoms with Crippen LogP contribution < -0.4 is 0 Å². The minimum absolute atomic E-state index is 0.106. The van der Waals surface area contributed by atoms with Gasteiger partial charge in [-0.15, -0.1) is 0 Å². The molecule has 2 heteroatoms. The summed E-state index contributed by atoms with van der Waals surface area (Å²) in [7, 11) is 0. The van der Waals surface area contributed by atoms with Gasteiger partial charge in [0.1, 0.15) is 6.61 Å². The van der Waals surface area contributed by atoms with Gasteiger partial charge in [0.15, 0.2) is 0 Å². The maximum Gasteiger partial charge on any atom is 0.261 e. The van der Waals surface area contributed by atoms with Gasteiger partial charge in [0.05, 0.1) is 5.41 Å². The van der Waals surface area contributed by atoms with Gasteiger partial charge >= 0.3 is 0 Å². The molecule has 0 amide bonds. The molecule has 1 heterocycles. The van der Waals surface area contributed by atoms with Crippen LogP contribution in [0.4, 0.5) is 0 Å². The van der Waals surface area contributed by atoms with Crippen LogP contribution in [0.5, 0.6) is 0 Å². The maximum atomic E-state index is 7.01. The number of hydrogen-bond donors (Lipinski definition) is 0. The van der Waals surface area contributed by atoms with Gasteiger partial charge in [-0.3, -0.25) is 0 Å². The highest BCUT2D eigenvalue weighted by atomic mass is 16.5. The fourth-order valence-corrected chi connectivity index (χ4v) is 1.89. The lowest BCUT2D eigenvalue weighted by molar-refractivity contribution is 0.0656. The third kappa shape index (κ3) is 0.518. The summed E-state index contributed by atoms with van der Waals surface area (Å²) in [6.45, 7) is 10.7. The molecule has 2 fully saturated rings. The Hall–Kier alpha value is -0.550. The number of ether oxygens (including phenoxy) is 1. The zero-order chi connectivity index (χ0) is 7.24. The Labute approximate surface area is 61.0 Å². The third-order valence-electron chi connectivity index (χ3n) is 3.03.